The predicted molar refractivity (Wildman–Crippen MR) is 90.6 cm³/mol. The SMILES string of the molecule is CCc1ccccc1NC(=O)CN(C)S(=O)(=O)c1c(F)cccc1F. The van der Waals surface area contributed by atoms with Crippen molar-refractivity contribution in [3.63, 3.8) is 0 Å². The molecule has 0 bridgehead atoms. The summed E-state index contributed by atoms with van der Waals surface area (Å²) in [6, 6.07) is 9.86. The third-order valence-electron chi connectivity index (χ3n) is 3.63. The van der Waals surface area contributed by atoms with Gasteiger partial charge in [-0.05, 0) is 30.2 Å². The van der Waals surface area contributed by atoms with Gasteiger partial charge in [-0.3, -0.25) is 4.79 Å². The van der Waals surface area contributed by atoms with Gasteiger partial charge in [-0.1, -0.05) is 31.2 Å². The van der Waals surface area contributed by atoms with Crippen molar-refractivity contribution >= 4 is 21.6 Å². The van der Waals surface area contributed by atoms with Crippen LogP contribution >= 0.6 is 0 Å². The predicted octanol–water partition coefficient (Wildman–Crippen LogP) is 2.79. The third kappa shape index (κ3) is 4.21. The van der Waals surface area contributed by atoms with Crippen LogP contribution in [0.1, 0.15) is 12.5 Å². The molecule has 0 radical (unpaired) electrons. The largest absolute Gasteiger partial charge is 0.325 e. The number of aryl methyl sites for hydroxylation is 1. The molecule has 2 rings (SSSR count). The molecule has 2 aromatic rings. The lowest BCUT2D eigenvalue weighted by atomic mass is 10.1. The summed E-state index contributed by atoms with van der Waals surface area (Å²) in [5.41, 5.74) is 1.46. The molecule has 2 aromatic carbocycles. The fourth-order valence-corrected chi connectivity index (χ4v) is 3.54. The zero-order chi connectivity index (χ0) is 18.6. The van der Waals surface area contributed by atoms with Crippen LogP contribution in [0.25, 0.3) is 0 Å². The number of hydrogen-bond donors (Lipinski definition) is 1. The van der Waals surface area contributed by atoms with Crippen molar-refractivity contribution in [1.82, 2.24) is 4.31 Å². The molecule has 0 aromatic heterocycles. The second kappa shape index (κ2) is 7.71. The first-order valence-electron chi connectivity index (χ1n) is 7.55. The number of nitrogens with one attached hydrogen (secondary N) is 1. The molecule has 0 fully saturated rings. The van der Waals surface area contributed by atoms with E-state index >= 15 is 0 Å². The number of hydrogen-bond acceptors (Lipinski definition) is 3. The molecule has 1 amide bonds. The van der Waals surface area contributed by atoms with E-state index < -0.39 is 39.0 Å². The van der Waals surface area contributed by atoms with Crippen LogP contribution in [0.15, 0.2) is 47.4 Å². The maximum Gasteiger partial charge on any atom is 0.249 e. The smallest absolute Gasteiger partial charge is 0.249 e. The molecule has 0 spiro atoms. The molecule has 0 aliphatic carbocycles. The lowest BCUT2D eigenvalue weighted by Gasteiger charge is -2.18. The molecule has 0 saturated carbocycles. The van der Waals surface area contributed by atoms with Crippen molar-refractivity contribution < 1.29 is 22.0 Å². The number of amides is 1. The van der Waals surface area contributed by atoms with Crippen LogP contribution in [0.5, 0.6) is 0 Å². The van der Waals surface area contributed by atoms with Gasteiger partial charge >= 0.3 is 0 Å². The summed E-state index contributed by atoms with van der Waals surface area (Å²) in [6.07, 6.45) is 0.686. The number of anilines is 1. The number of para-hydroxylation sites is 1. The fraction of sp³-hybridized carbons (Fsp3) is 0.235. The number of carbonyl (C=O) groups is 1. The van der Waals surface area contributed by atoms with Gasteiger partial charge in [0, 0.05) is 12.7 Å². The normalized spacial score (nSPS) is 11.6. The van der Waals surface area contributed by atoms with E-state index in [1.54, 1.807) is 12.1 Å². The number of benzene rings is 2. The summed E-state index contributed by atoms with van der Waals surface area (Å²) in [5.74, 6) is -3.02. The first-order chi connectivity index (χ1) is 11.8. The second-order valence-electron chi connectivity index (χ2n) is 5.37. The lowest BCUT2D eigenvalue weighted by Crippen LogP contribution is -2.36. The molecule has 0 saturated heterocycles. The Kier molecular flexibility index (Phi) is 5.86. The molecular weight excluding hydrogens is 350 g/mol. The molecule has 0 heterocycles. The van der Waals surface area contributed by atoms with E-state index in [1.807, 2.05) is 19.1 Å². The maximum absolute atomic E-state index is 13.7. The second-order valence-corrected chi connectivity index (χ2v) is 7.35. The minimum absolute atomic E-state index is 0.567. The van der Waals surface area contributed by atoms with Crippen LogP contribution in [-0.4, -0.2) is 32.2 Å². The average Bonchev–Trinajstić information content (AvgIpc) is 2.54. The summed E-state index contributed by atoms with van der Waals surface area (Å²) >= 11 is 0. The molecule has 0 aliphatic rings. The average molecular weight is 368 g/mol. The van der Waals surface area contributed by atoms with E-state index in [0.29, 0.717) is 16.4 Å². The Hall–Kier alpha value is -2.32. The highest BCUT2D eigenvalue weighted by Crippen LogP contribution is 2.22. The summed E-state index contributed by atoms with van der Waals surface area (Å²) in [5, 5.41) is 2.61. The van der Waals surface area contributed by atoms with Gasteiger partial charge in [0.15, 0.2) is 4.90 Å². The van der Waals surface area contributed by atoms with E-state index in [9.17, 15) is 22.0 Å². The highest BCUT2D eigenvalue weighted by Gasteiger charge is 2.29. The summed E-state index contributed by atoms with van der Waals surface area (Å²) in [7, 11) is -3.39. The van der Waals surface area contributed by atoms with Crippen LogP contribution in [0, 0.1) is 11.6 Å². The van der Waals surface area contributed by atoms with Gasteiger partial charge in [0.2, 0.25) is 15.9 Å². The van der Waals surface area contributed by atoms with Crippen molar-refractivity contribution in [2.24, 2.45) is 0 Å². The van der Waals surface area contributed by atoms with Crippen molar-refractivity contribution in [1.29, 1.82) is 0 Å². The first kappa shape index (κ1) is 19.0. The van der Waals surface area contributed by atoms with Gasteiger partial charge in [0.25, 0.3) is 0 Å². The van der Waals surface area contributed by atoms with Gasteiger partial charge < -0.3 is 5.32 Å². The zero-order valence-electron chi connectivity index (χ0n) is 13.8. The van der Waals surface area contributed by atoms with Gasteiger partial charge in [0.05, 0.1) is 6.54 Å². The van der Waals surface area contributed by atoms with E-state index in [1.165, 1.54) is 0 Å². The Morgan fingerprint density at radius 3 is 2.28 bits per heavy atom. The van der Waals surface area contributed by atoms with Gasteiger partial charge in [0.1, 0.15) is 11.6 Å². The highest BCUT2D eigenvalue weighted by atomic mass is 32.2. The number of sulfonamides is 1. The van der Waals surface area contributed by atoms with Gasteiger partial charge in [-0.15, -0.1) is 0 Å². The van der Waals surface area contributed by atoms with E-state index in [0.717, 1.165) is 30.8 Å². The number of halogens is 2. The molecule has 5 nitrogen and oxygen atoms in total. The standard InChI is InChI=1S/C17H18F2N2O3S/c1-3-12-7-4-5-10-15(12)20-16(22)11-21(2)25(23,24)17-13(18)8-6-9-14(17)19/h4-10H,3,11H2,1-2H3,(H,20,22). The Morgan fingerprint density at radius 2 is 1.68 bits per heavy atom. The number of rotatable bonds is 6. The number of nitrogens with zero attached hydrogens (tertiary/aromatic N) is 1. The first-order valence-corrected chi connectivity index (χ1v) is 8.99. The summed E-state index contributed by atoms with van der Waals surface area (Å²) in [4.78, 5) is 11.1. The Labute approximate surface area is 145 Å². The monoisotopic (exact) mass is 368 g/mol. The van der Waals surface area contributed by atoms with Crippen LogP contribution in [0.2, 0.25) is 0 Å². The molecule has 0 unspecified atom stereocenters. The van der Waals surface area contributed by atoms with Gasteiger partial charge in [-0.25, -0.2) is 17.2 Å². The Bertz CT molecular complexity index is 865. The maximum atomic E-state index is 13.7. The van der Waals surface area contributed by atoms with E-state index in [4.69, 9.17) is 0 Å². The fourth-order valence-electron chi connectivity index (χ4n) is 2.31. The van der Waals surface area contributed by atoms with Crippen molar-refractivity contribution in [3.05, 3.63) is 59.7 Å². The van der Waals surface area contributed by atoms with Gasteiger partial charge in [-0.2, -0.15) is 4.31 Å². The Balaban J connectivity index is 2.18. The number of likely N-dealkylation sites (N-methyl/N-ethyl adjacent to an activating group) is 1. The number of carbonyl (C=O) groups excluding carboxylic acids is 1. The summed E-state index contributed by atoms with van der Waals surface area (Å²) < 4.78 is 52.8. The van der Waals surface area contributed by atoms with Crippen LogP contribution in [0.4, 0.5) is 14.5 Å². The Morgan fingerprint density at radius 1 is 1.08 bits per heavy atom. The lowest BCUT2D eigenvalue weighted by molar-refractivity contribution is -0.116. The van der Waals surface area contributed by atoms with Crippen LogP contribution in [0.3, 0.4) is 0 Å². The summed E-state index contributed by atoms with van der Waals surface area (Å²) in [6.45, 7) is 1.34. The van der Waals surface area contributed by atoms with E-state index in [-0.39, 0.29) is 0 Å². The molecule has 1 N–H and O–H groups in total. The molecular formula is C17H18F2N2O3S. The van der Waals surface area contributed by atoms with Crippen molar-refractivity contribution in [2.75, 3.05) is 18.9 Å². The molecule has 0 aliphatic heterocycles. The molecule has 134 valence electrons. The minimum atomic E-state index is -4.48. The highest BCUT2D eigenvalue weighted by molar-refractivity contribution is 7.89. The van der Waals surface area contributed by atoms with Crippen LogP contribution < -0.4 is 5.32 Å². The molecule has 8 heteroatoms. The third-order valence-corrected chi connectivity index (χ3v) is 5.48. The van der Waals surface area contributed by atoms with Crippen LogP contribution in [-0.2, 0) is 21.2 Å². The van der Waals surface area contributed by atoms with Crippen molar-refractivity contribution in [2.45, 2.75) is 18.2 Å². The molecule has 0 atom stereocenters. The minimum Gasteiger partial charge on any atom is -0.325 e. The van der Waals surface area contributed by atoms with E-state index in [2.05, 4.69) is 5.32 Å². The topological polar surface area (TPSA) is 66.5 Å². The zero-order valence-corrected chi connectivity index (χ0v) is 14.6. The van der Waals surface area contributed by atoms with Crippen molar-refractivity contribution in [3.8, 4) is 0 Å². The quantitative estimate of drug-likeness (QED) is 0.853. The molecule has 25 heavy (non-hydrogen) atoms.